The van der Waals surface area contributed by atoms with Crippen molar-refractivity contribution in [1.29, 1.82) is 0 Å². The van der Waals surface area contributed by atoms with E-state index >= 15 is 0 Å². The molecule has 8 nitrogen and oxygen atoms in total. The number of aromatic nitrogens is 2. The molecule has 0 spiro atoms. The van der Waals surface area contributed by atoms with Gasteiger partial charge in [-0.2, -0.15) is 0 Å². The summed E-state index contributed by atoms with van der Waals surface area (Å²) in [6, 6.07) is 5.66. The van der Waals surface area contributed by atoms with E-state index in [2.05, 4.69) is 15.2 Å². The van der Waals surface area contributed by atoms with Gasteiger partial charge in [0.1, 0.15) is 4.88 Å². The minimum Gasteiger partial charge on any atom is -0.465 e. The van der Waals surface area contributed by atoms with Gasteiger partial charge in [0.25, 0.3) is 5.91 Å². The molecule has 0 radical (unpaired) electrons. The summed E-state index contributed by atoms with van der Waals surface area (Å²) in [6.45, 7) is 6.00. The first kappa shape index (κ1) is 21.0. The number of morpholine rings is 1. The number of carbonyl (C=O) groups is 2. The molecule has 1 fully saturated rings. The van der Waals surface area contributed by atoms with Crippen LogP contribution >= 0.6 is 11.3 Å². The molecule has 0 unspecified atom stereocenters. The highest BCUT2D eigenvalue weighted by atomic mass is 32.1. The number of carbonyl (C=O) groups excluding carboxylic acids is 2. The SMILES string of the molecule is COC(=O)c1ccc2c(C[C@H]3COCCN3c3nc4c(s3)C(=O)NC(C)(C)C4)c[nH]c2c1. The Morgan fingerprint density at radius 2 is 2.25 bits per heavy atom. The Bertz CT molecular complexity index is 1200. The number of aromatic amines is 1. The van der Waals surface area contributed by atoms with E-state index in [-0.39, 0.29) is 23.5 Å². The normalized spacial score (nSPS) is 20.2. The maximum atomic E-state index is 12.6. The minimum absolute atomic E-state index is 0.0390. The van der Waals surface area contributed by atoms with E-state index in [1.54, 1.807) is 6.07 Å². The summed E-state index contributed by atoms with van der Waals surface area (Å²) >= 11 is 1.47. The van der Waals surface area contributed by atoms with Crippen molar-refractivity contribution in [2.45, 2.75) is 38.3 Å². The highest BCUT2D eigenvalue weighted by molar-refractivity contribution is 7.17. The molecule has 4 heterocycles. The van der Waals surface area contributed by atoms with Gasteiger partial charge in [-0.15, -0.1) is 0 Å². The number of rotatable bonds is 4. The number of hydrogen-bond donors (Lipinski definition) is 2. The van der Waals surface area contributed by atoms with E-state index < -0.39 is 0 Å². The molecule has 0 aliphatic carbocycles. The zero-order valence-corrected chi connectivity index (χ0v) is 19.2. The lowest BCUT2D eigenvalue weighted by Gasteiger charge is -2.35. The van der Waals surface area contributed by atoms with E-state index in [9.17, 15) is 9.59 Å². The minimum atomic E-state index is -0.352. The fourth-order valence-electron chi connectivity index (χ4n) is 4.52. The Morgan fingerprint density at radius 1 is 1.41 bits per heavy atom. The van der Waals surface area contributed by atoms with Crippen LogP contribution in [-0.4, -0.2) is 60.3 Å². The fourth-order valence-corrected chi connectivity index (χ4v) is 5.59. The number of anilines is 1. The van der Waals surface area contributed by atoms with Crippen molar-refractivity contribution in [2.75, 3.05) is 31.8 Å². The summed E-state index contributed by atoms with van der Waals surface area (Å²) < 4.78 is 10.6. The van der Waals surface area contributed by atoms with Crippen molar-refractivity contribution in [1.82, 2.24) is 15.3 Å². The first-order valence-corrected chi connectivity index (χ1v) is 11.5. The summed E-state index contributed by atoms with van der Waals surface area (Å²) in [7, 11) is 1.38. The van der Waals surface area contributed by atoms with Gasteiger partial charge in [0.05, 0.1) is 37.6 Å². The van der Waals surface area contributed by atoms with Crippen molar-refractivity contribution in [3.8, 4) is 0 Å². The quantitative estimate of drug-likeness (QED) is 0.589. The predicted octanol–water partition coefficient (Wildman–Crippen LogP) is 2.92. The zero-order valence-electron chi connectivity index (χ0n) is 18.4. The molecule has 2 N–H and O–H groups in total. The first-order chi connectivity index (χ1) is 15.3. The standard InChI is InChI=1S/C23H26N4O4S/c1-23(2)10-18-19(20(28)26-23)32-22(25-18)27-6-7-31-12-15(27)8-14-11-24-17-9-13(21(29)30-3)4-5-16(14)17/h4-5,9,11,15,24H,6-8,10,12H2,1-3H3,(H,26,28)/t15-/m0/s1. The van der Waals surface area contributed by atoms with E-state index in [0.717, 1.165) is 46.7 Å². The van der Waals surface area contributed by atoms with Crippen LogP contribution in [0, 0.1) is 0 Å². The van der Waals surface area contributed by atoms with E-state index in [1.165, 1.54) is 18.4 Å². The number of ether oxygens (including phenoxy) is 2. The number of hydrogen-bond acceptors (Lipinski definition) is 7. The Labute approximate surface area is 189 Å². The van der Waals surface area contributed by atoms with E-state index in [1.807, 2.05) is 32.2 Å². The van der Waals surface area contributed by atoms with Gasteiger partial charge >= 0.3 is 5.97 Å². The lowest BCUT2D eigenvalue weighted by atomic mass is 9.94. The molecule has 5 rings (SSSR count). The maximum absolute atomic E-state index is 12.6. The van der Waals surface area contributed by atoms with Gasteiger partial charge in [-0.3, -0.25) is 4.79 Å². The number of thiazole rings is 1. The fraction of sp³-hybridized carbons (Fsp3) is 0.435. The van der Waals surface area contributed by atoms with Crippen molar-refractivity contribution < 1.29 is 19.1 Å². The molecule has 1 saturated heterocycles. The van der Waals surface area contributed by atoms with Gasteiger partial charge in [-0.05, 0) is 38.0 Å². The highest BCUT2D eigenvalue weighted by Gasteiger charge is 2.35. The average Bonchev–Trinajstić information content (AvgIpc) is 3.36. The monoisotopic (exact) mass is 454 g/mol. The Hall–Kier alpha value is -2.91. The van der Waals surface area contributed by atoms with Crippen LogP contribution in [0.2, 0.25) is 0 Å². The number of fused-ring (bicyclic) bond motifs is 2. The van der Waals surface area contributed by atoms with Crippen LogP contribution < -0.4 is 10.2 Å². The summed E-state index contributed by atoms with van der Waals surface area (Å²) in [6.07, 6.45) is 3.48. The van der Waals surface area contributed by atoms with Crippen molar-refractivity contribution in [3.63, 3.8) is 0 Å². The molecule has 2 aromatic heterocycles. The number of benzene rings is 1. The van der Waals surface area contributed by atoms with Crippen molar-refractivity contribution >= 4 is 39.2 Å². The largest absolute Gasteiger partial charge is 0.465 e. The maximum Gasteiger partial charge on any atom is 0.337 e. The van der Waals surface area contributed by atoms with Crippen LogP contribution in [0.5, 0.6) is 0 Å². The third kappa shape index (κ3) is 3.75. The van der Waals surface area contributed by atoms with Crippen LogP contribution in [0.3, 0.4) is 0 Å². The topological polar surface area (TPSA) is 96.6 Å². The number of nitrogens with zero attached hydrogens (tertiary/aromatic N) is 2. The van der Waals surface area contributed by atoms with Crippen LogP contribution in [0.4, 0.5) is 5.13 Å². The summed E-state index contributed by atoms with van der Waals surface area (Å²) in [5.41, 5.74) is 3.16. The molecule has 0 bridgehead atoms. The first-order valence-electron chi connectivity index (χ1n) is 10.7. The molecule has 1 amide bonds. The number of esters is 1. The second kappa shape index (κ2) is 7.90. The lowest BCUT2D eigenvalue weighted by Crippen LogP contribution is -2.48. The third-order valence-electron chi connectivity index (χ3n) is 6.07. The number of amides is 1. The molecule has 2 aliphatic rings. The lowest BCUT2D eigenvalue weighted by molar-refractivity contribution is 0.0600. The Kier molecular flexibility index (Phi) is 5.17. The number of nitrogens with one attached hydrogen (secondary N) is 2. The predicted molar refractivity (Wildman–Crippen MR) is 123 cm³/mol. The smallest absolute Gasteiger partial charge is 0.337 e. The molecule has 3 aromatic rings. The number of H-pyrrole nitrogens is 1. The van der Waals surface area contributed by atoms with E-state index in [0.29, 0.717) is 23.7 Å². The van der Waals surface area contributed by atoms with Gasteiger partial charge in [0.15, 0.2) is 5.13 Å². The van der Waals surface area contributed by atoms with E-state index in [4.69, 9.17) is 14.5 Å². The Morgan fingerprint density at radius 3 is 3.06 bits per heavy atom. The highest BCUT2D eigenvalue weighted by Crippen LogP contribution is 2.34. The summed E-state index contributed by atoms with van der Waals surface area (Å²) in [4.78, 5) is 35.5. The second-order valence-electron chi connectivity index (χ2n) is 8.98. The molecule has 2 aliphatic heterocycles. The second-order valence-corrected chi connectivity index (χ2v) is 9.96. The van der Waals surface area contributed by atoms with Gasteiger partial charge in [0, 0.05) is 35.6 Å². The molecule has 1 aromatic carbocycles. The van der Waals surface area contributed by atoms with Gasteiger partial charge in [-0.25, -0.2) is 9.78 Å². The average molecular weight is 455 g/mol. The molecular weight excluding hydrogens is 428 g/mol. The van der Waals surface area contributed by atoms with Crippen molar-refractivity contribution in [2.24, 2.45) is 0 Å². The molecule has 168 valence electrons. The number of methoxy groups -OCH3 is 1. The van der Waals surface area contributed by atoms with Crippen LogP contribution in [0.15, 0.2) is 24.4 Å². The van der Waals surface area contributed by atoms with Gasteiger partial charge in [0.2, 0.25) is 0 Å². The third-order valence-corrected chi connectivity index (χ3v) is 7.20. The van der Waals surface area contributed by atoms with Crippen molar-refractivity contribution in [3.05, 3.63) is 46.1 Å². The zero-order chi connectivity index (χ0) is 22.5. The molecule has 1 atom stereocenters. The summed E-state index contributed by atoms with van der Waals surface area (Å²) in [5, 5.41) is 5.01. The van der Waals surface area contributed by atoms with Crippen LogP contribution in [-0.2, 0) is 22.3 Å². The Balaban J connectivity index is 1.42. The molecule has 0 saturated carbocycles. The van der Waals surface area contributed by atoms with Gasteiger partial charge in [-0.1, -0.05) is 17.4 Å². The summed E-state index contributed by atoms with van der Waals surface area (Å²) in [5.74, 6) is -0.391. The molecular formula is C23H26N4O4S. The molecule has 9 heteroatoms. The van der Waals surface area contributed by atoms with Crippen LogP contribution in [0.25, 0.3) is 10.9 Å². The van der Waals surface area contributed by atoms with Gasteiger partial charge < -0.3 is 24.7 Å². The molecule has 32 heavy (non-hydrogen) atoms. The van der Waals surface area contributed by atoms with Crippen LogP contribution in [0.1, 0.15) is 45.1 Å².